The Kier molecular flexibility index (Phi) is 3.90. The first kappa shape index (κ1) is 15.1. The Bertz CT molecular complexity index is 748. The number of carbonyl (C=O) groups excluding carboxylic acids is 1. The Balaban J connectivity index is 1.35. The second kappa shape index (κ2) is 6.20. The van der Waals surface area contributed by atoms with Crippen molar-refractivity contribution in [1.82, 2.24) is 14.8 Å². The molecule has 0 bridgehead atoms. The van der Waals surface area contributed by atoms with Crippen LogP contribution in [0.1, 0.15) is 21.6 Å². The summed E-state index contributed by atoms with van der Waals surface area (Å²) in [4.78, 5) is 19.9. The lowest BCUT2D eigenvalue weighted by atomic mass is 10.1. The average Bonchev–Trinajstić information content (AvgIpc) is 3.23. The molecule has 0 spiro atoms. The third kappa shape index (κ3) is 2.85. The van der Waals surface area contributed by atoms with Crippen LogP contribution in [-0.4, -0.2) is 53.7 Å². The molecule has 6 heteroatoms. The number of piperazine rings is 1. The number of H-pyrrole nitrogens is 1. The zero-order valence-electron chi connectivity index (χ0n) is 13.7. The molecule has 24 heavy (non-hydrogen) atoms. The van der Waals surface area contributed by atoms with Crippen molar-refractivity contribution >= 4 is 5.91 Å². The Morgan fingerprint density at radius 2 is 1.92 bits per heavy atom. The normalized spacial score (nSPS) is 17.3. The number of ether oxygens (including phenoxy) is 2. The summed E-state index contributed by atoms with van der Waals surface area (Å²) in [6.07, 6.45) is 1.82. The average molecular weight is 327 g/mol. The van der Waals surface area contributed by atoms with Gasteiger partial charge in [-0.15, -0.1) is 0 Å². The molecule has 1 amide bonds. The summed E-state index contributed by atoms with van der Waals surface area (Å²) in [5.41, 5.74) is 2.92. The molecule has 0 unspecified atom stereocenters. The Hall–Kier alpha value is -2.47. The van der Waals surface area contributed by atoms with Gasteiger partial charge in [0, 0.05) is 44.6 Å². The molecule has 0 atom stereocenters. The first-order valence-electron chi connectivity index (χ1n) is 8.25. The van der Waals surface area contributed by atoms with Gasteiger partial charge >= 0.3 is 0 Å². The van der Waals surface area contributed by atoms with Crippen LogP contribution in [0.2, 0.25) is 0 Å². The number of aromatic amines is 1. The minimum atomic E-state index is 0.122. The van der Waals surface area contributed by atoms with Gasteiger partial charge in [0.15, 0.2) is 11.5 Å². The van der Waals surface area contributed by atoms with Gasteiger partial charge in [-0.05, 0) is 30.7 Å². The minimum Gasteiger partial charge on any atom is -0.454 e. The van der Waals surface area contributed by atoms with Gasteiger partial charge in [-0.2, -0.15) is 0 Å². The van der Waals surface area contributed by atoms with Crippen molar-refractivity contribution in [3.8, 4) is 11.5 Å². The number of benzene rings is 1. The number of carbonyl (C=O) groups is 1. The Morgan fingerprint density at radius 3 is 2.67 bits per heavy atom. The molecule has 1 fully saturated rings. The number of aromatic nitrogens is 1. The number of hydrogen-bond acceptors (Lipinski definition) is 4. The number of fused-ring (bicyclic) bond motifs is 1. The number of amides is 1. The van der Waals surface area contributed by atoms with Crippen molar-refractivity contribution < 1.29 is 14.3 Å². The number of rotatable bonds is 3. The second-order valence-electron chi connectivity index (χ2n) is 6.27. The molecule has 126 valence electrons. The highest BCUT2D eigenvalue weighted by atomic mass is 16.7. The van der Waals surface area contributed by atoms with Crippen LogP contribution in [0.5, 0.6) is 11.5 Å². The summed E-state index contributed by atoms with van der Waals surface area (Å²) in [5.74, 6) is 1.76. The van der Waals surface area contributed by atoms with E-state index in [9.17, 15) is 4.79 Å². The van der Waals surface area contributed by atoms with Gasteiger partial charge in [0.2, 0.25) is 6.79 Å². The maximum absolute atomic E-state index is 12.5. The standard InChI is InChI=1S/C18H21N3O3/c1-13-15(4-5-19-13)18(22)21-8-6-20(7-9-21)11-14-2-3-16-17(10-14)24-12-23-16/h2-5,10,19H,6-9,11-12H2,1H3. The molecular formula is C18H21N3O3. The fourth-order valence-corrected chi connectivity index (χ4v) is 3.26. The molecule has 4 rings (SSSR count). The van der Waals surface area contributed by atoms with Crippen molar-refractivity contribution in [3.63, 3.8) is 0 Å². The summed E-state index contributed by atoms with van der Waals surface area (Å²) in [6, 6.07) is 7.94. The van der Waals surface area contributed by atoms with E-state index in [-0.39, 0.29) is 5.91 Å². The van der Waals surface area contributed by atoms with E-state index in [2.05, 4.69) is 16.0 Å². The maximum atomic E-state index is 12.5. The SMILES string of the molecule is Cc1[nH]ccc1C(=O)N1CCN(Cc2ccc3c(c2)OCO3)CC1. The summed E-state index contributed by atoms with van der Waals surface area (Å²) in [5, 5.41) is 0. The molecule has 2 aliphatic rings. The molecule has 2 aromatic rings. The lowest BCUT2D eigenvalue weighted by Gasteiger charge is -2.34. The smallest absolute Gasteiger partial charge is 0.255 e. The molecule has 1 aromatic heterocycles. The van der Waals surface area contributed by atoms with E-state index >= 15 is 0 Å². The van der Waals surface area contributed by atoms with Gasteiger partial charge < -0.3 is 19.4 Å². The highest BCUT2D eigenvalue weighted by Crippen LogP contribution is 2.32. The summed E-state index contributed by atoms with van der Waals surface area (Å²) < 4.78 is 10.8. The van der Waals surface area contributed by atoms with Crippen LogP contribution in [0.4, 0.5) is 0 Å². The van der Waals surface area contributed by atoms with Crippen LogP contribution >= 0.6 is 0 Å². The quantitative estimate of drug-likeness (QED) is 0.937. The van der Waals surface area contributed by atoms with Crippen LogP contribution in [0.25, 0.3) is 0 Å². The van der Waals surface area contributed by atoms with Gasteiger partial charge in [-0.1, -0.05) is 6.07 Å². The fraction of sp³-hybridized carbons (Fsp3) is 0.389. The topological polar surface area (TPSA) is 57.8 Å². The van der Waals surface area contributed by atoms with Crippen molar-refractivity contribution in [2.45, 2.75) is 13.5 Å². The van der Waals surface area contributed by atoms with Crippen LogP contribution in [-0.2, 0) is 6.54 Å². The third-order valence-corrected chi connectivity index (χ3v) is 4.69. The summed E-state index contributed by atoms with van der Waals surface area (Å²) in [7, 11) is 0. The highest BCUT2D eigenvalue weighted by molar-refractivity contribution is 5.95. The lowest BCUT2D eigenvalue weighted by Crippen LogP contribution is -2.48. The van der Waals surface area contributed by atoms with E-state index in [1.165, 1.54) is 5.56 Å². The van der Waals surface area contributed by atoms with Gasteiger partial charge in [-0.25, -0.2) is 0 Å². The predicted octanol–water partition coefficient (Wildman–Crippen LogP) is 2.01. The molecule has 6 nitrogen and oxygen atoms in total. The third-order valence-electron chi connectivity index (χ3n) is 4.69. The van der Waals surface area contributed by atoms with Crippen LogP contribution < -0.4 is 9.47 Å². The predicted molar refractivity (Wildman–Crippen MR) is 89.3 cm³/mol. The first-order chi connectivity index (χ1) is 11.7. The van der Waals surface area contributed by atoms with E-state index in [1.807, 2.05) is 36.2 Å². The molecule has 1 N–H and O–H groups in total. The van der Waals surface area contributed by atoms with E-state index < -0.39 is 0 Å². The fourth-order valence-electron chi connectivity index (χ4n) is 3.26. The zero-order chi connectivity index (χ0) is 16.5. The van der Waals surface area contributed by atoms with Gasteiger partial charge in [0.05, 0.1) is 5.56 Å². The number of hydrogen-bond donors (Lipinski definition) is 1. The maximum Gasteiger partial charge on any atom is 0.255 e. The van der Waals surface area contributed by atoms with Gasteiger partial charge in [0.1, 0.15) is 0 Å². The summed E-state index contributed by atoms with van der Waals surface area (Å²) in [6.45, 7) is 6.37. The highest BCUT2D eigenvalue weighted by Gasteiger charge is 2.24. The molecule has 3 heterocycles. The monoisotopic (exact) mass is 327 g/mol. The van der Waals surface area contributed by atoms with E-state index in [4.69, 9.17) is 9.47 Å². The number of aryl methyl sites for hydroxylation is 1. The van der Waals surface area contributed by atoms with Gasteiger partial charge in [-0.3, -0.25) is 9.69 Å². The van der Waals surface area contributed by atoms with Crippen molar-refractivity contribution in [1.29, 1.82) is 0 Å². The Labute approximate surface area is 141 Å². The largest absolute Gasteiger partial charge is 0.454 e. The Morgan fingerprint density at radius 1 is 1.12 bits per heavy atom. The molecule has 1 saturated heterocycles. The summed E-state index contributed by atoms with van der Waals surface area (Å²) >= 11 is 0. The first-order valence-corrected chi connectivity index (χ1v) is 8.25. The van der Waals surface area contributed by atoms with Crippen molar-refractivity contribution in [2.24, 2.45) is 0 Å². The van der Waals surface area contributed by atoms with Crippen LogP contribution in [0.15, 0.2) is 30.5 Å². The van der Waals surface area contributed by atoms with Crippen LogP contribution in [0, 0.1) is 6.92 Å². The lowest BCUT2D eigenvalue weighted by molar-refractivity contribution is 0.0628. The second-order valence-corrected chi connectivity index (χ2v) is 6.27. The molecule has 0 radical (unpaired) electrons. The van der Waals surface area contributed by atoms with Gasteiger partial charge in [0.25, 0.3) is 5.91 Å². The van der Waals surface area contributed by atoms with E-state index in [1.54, 1.807) is 0 Å². The van der Waals surface area contributed by atoms with Crippen LogP contribution in [0.3, 0.4) is 0 Å². The van der Waals surface area contributed by atoms with E-state index in [0.717, 1.165) is 55.5 Å². The zero-order valence-corrected chi connectivity index (χ0v) is 13.7. The van der Waals surface area contributed by atoms with Crippen molar-refractivity contribution in [2.75, 3.05) is 33.0 Å². The number of nitrogens with one attached hydrogen (secondary N) is 1. The van der Waals surface area contributed by atoms with Crippen molar-refractivity contribution in [3.05, 3.63) is 47.3 Å². The van der Waals surface area contributed by atoms with E-state index in [0.29, 0.717) is 6.79 Å². The molecule has 0 aliphatic carbocycles. The molecular weight excluding hydrogens is 306 g/mol. The number of nitrogens with zero attached hydrogens (tertiary/aromatic N) is 2. The molecule has 2 aliphatic heterocycles. The molecule has 1 aromatic carbocycles. The minimum absolute atomic E-state index is 0.122. The molecule has 0 saturated carbocycles.